The average molecular weight is 378 g/mol. The summed E-state index contributed by atoms with van der Waals surface area (Å²) < 4.78 is 0. The van der Waals surface area contributed by atoms with Crippen LogP contribution in [0.4, 0.5) is 0 Å². The van der Waals surface area contributed by atoms with Crippen molar-refractivity contribution in [3.05, 3.63) is 12.2 Å². The topological polar surface area (TPSA) is 3.24 Å². The minimum absolute atomic E-state index is 1.04. The molecule has 0 spiro atoms. The molecule has 1 heteroatoms. The highest BCUT2D eigenvalue weighted by Crippen LogP contribution is 2.23. The Kier molecular flexibility index (Phi) is 17.4. The molecule has 1 rings (SSSR count). The van der Waals surface area contributed by atoms with E-state index in [1.165, 1.54) is 135 Å². The van der Waals surface area contributed by atoms with E-state index in [2.05, 4.69) is 30.9 Å². The molecule has 0 atom stereocenters. The zero-order valence-corrected chi connectivity index (χ0v) is 19.0. The van der Waals surface area contributed by atoms with Crippen molar-refractivity contribution in [2.24, 2.45) is 5.92 Å². The Balaban J connectivity index is 1.76. The first-order valence-corrected chi connectivity index (χ1v) is 12.7. The Morgan fingerprint density at radius 1 is 0.630 bits per heavy atom. The summed E-state index contributed by atoms with van der Waals surface area (Å²) in [5.74, 6) is 1.04. The Labute approximate surface area is 172 Å². The number of hydrogen-bond donors (Lipinski definition) is 0. The van der Waals surface area contributed by atoms with Gasteiger partial charge in [-0.25, -0.2) is 0 Å². The second kappa shape index (κ2) is 19.0. The SMILES string of the molecule is CCCCCCCC/C=C\CCCCCCCCC1CCN(CCC)CC1. The lowest BCUT2D eigenvalue weighted by Gasteiger charge is -2.31. The smallest absolute Gasteiger partial charge is 0.00161 e. The van der Waals surface area contributed by atoms with Crippen molar-refractivity contribution in [3.63, 3.8) is 0 Å². The summed E-state index contributed by atoms with van der Waals surface area (Å²) in [4.78, 5) is 2.67. The van der Waals surface area contributed by atoms with Gasteiger partial charge in [-0.3, -0.25) is 0 Å². The lowest BCUT2D eigenvalue weighted by Crippen LogP contribution is -2.34. The van der Waals surface area contributed by atoms with Crippen molar-refractivity contribution >= 4 is 0 Å². The highest BCUT2D eigenvalue weighted by atomic mass is 15.1. The maximum atomic E-state index is 2.67. The van der Waals surface area contributed by atoms with E-state index in [-0.39, 0.29) is 0 Å². The van der Waals surface area contributed by atoms with Crippen LogP contribution in [-0.4, -0.2) is 24.5 Å². The molecule has 27 heavy (non-hydrogen) atoms. The second-order valence-electron chi connectivity index (χ2n) is 9.01. The molecule has 0 aromatic rings. The maximum Gasteiger partial charge on any atom is -0.00161 e. The number of rotatable bonds is 18. The molecule has 1 nitrogen and oxygen atoms in total. The molecular formula is C26H51N. The van der Waals surface area contributed by atoms with E-state index in [0.29, 0.717) is 0 Å². The molecule has 1 fully saturated rings. The standard InChI is InChI=1S/C26H51N/c1-3-5-6-7-8-9-10-11-12-13-14-15-16-17-18-19-20-26-21-24-27(23-4-2)25-22-26/h11-12,26H,3-10,13-25H2,1-2H3/b12-11-. The highest BCUT2D eigenvalue weighted by Gasteiger charge is 2.17. The minimum Gasteiger partial charge on any atom is -0.303 e. The van der Waals surface area contributed by atoms with Crippen molar-refractivity contribution in [2.75, 3.05) is 19.6 Å². The van der Waals surface area contributed by atoms with Gasteiger partial charge in [0, 0.05) is 0 Å². The van der Waals surface area contributed by atoms with Gasteiger partial charge in [-0.15, -0.1) is 0 Å². The molecule has 1 aliphatic heterocycles. The summed E-state index contributed by atoms with van der Waals surface area (Å²) in [7, 11) is 0. The van der Waals surface area contributed by atoms with Crippen LogP contribution in [0.25, 0.3) is 0 Å². The van der Waals surface area contributed by atoms with Gasteiger partial charge < -0.3 is 4.90 Å². The number of allylic oxidation sites excluding steroid dienone is 2. The molecule has 0 radical (unpaired) electrons. The van der Waals surface area contributed by atoms with Crippen molar-refractivity contribution in [3.8, 4) is 0 Å². The zero-order valence-electron chi connectivity index (χ0n) is 19.0. The van der Waals surface area contributed by atoms with Crippen LogP contribution in [0.5, 0.6) is 0 Å². The summed E-state index contributed by atoms with van der Waals surface area (Å²) in [6.07, 6.45) is 30.5. The van der Waals surface area contributed by atoms with Gasteiger partial charge in [0.05, 0.1) is 0 Å². The van der Waals surface area contributed by atoms with Gasteiger partial charge in [-0.1, -0.05) is 96.6 Å². The quantitative estimate of drug-likeness (QED) is 0.171. The first kappa shape index (κ1) is 24.7. The molecule has 0 bridgehead atoms. The van der Waals surface area contributed by atoms with Crippen LogP contribution in [0.15, 0.2) is 12.2 Å². The highest BCUT2D eigenvalue weighted by molar-refractivity contribution is 4.81. The lowest BCUT2D eigenvalue weighted by atomic mass is 9.91. The second-order valence-corrected chi connectivity index (χ2v) is 9.01. The molecule has 1 heterocycles. The number of nitrogens with zero attached hydrogens (tertiary/aromatic N) is 1. The lowest BCUT2D eigenvalue weighted by molar-refractivity contribution is 0.177. The van der Waals surface area contributed by atoms with Gasteiger partial charge in [0.1, 0.15) is 0 Å². The van der Waals surface area contributed by atoms with Crippen molar-refractivity contribution < 1.29 is 0 Å². The van der Waals surface area contributed by atoms with E-state index in [1.807, 2.05) is 0 Å². The summed E-state index contributed by atoms with van der Waals surface area (Å²) in [6.45, 7) is 8.65. The Bertz CT molecular complexity index is 314. The maximum absolute atomic E-state index is 2.67. The predicted octanol–water partition coefficient (Wildman–Crippen LogP) is 8.54. The van der Waals surface area contributed by atoms with Crippen LogP contribution in [0.1, 0.15) is 129 Å². The van der Waals surface area contributed by atoms with Gasteiger partial charge in [0.2, 0.25) is 0 Å². The van der Waals surface area contributed by atoms with Crippen LogP contribution in [0.2, 0.25) is 0 Å². The molecule has 0 unspecified atom stereocenters. The van der Waals surface area contributed by atoms with E-state index in [0.717, 1.165) is 5.92 Å². The predicted molar refractivity (Wildman–Crippen MR) is 124 cm³/mol. The van der Waals surface area contributed by atoms with Crippen LogP contribution >= 0.6 is 0 Å². The van der Waals surface area contributed by atoms with E-state index in [4.69, 9.17) is 0 Å². The van der Waals surface area contributed by atoms with Gasteiger partial charge in [-0.05, 0) is 70.5 Å². The third-order valence-corrected chi connectivity index (χ3v) is 6.37. The average Bonchev–Trinajstić information content (AvgIpc) is 2.69. The van der Waals surface area contributed by atoms with Crippen LogP contribution in [0, 0.1) is 5.92 Å². The third-order valence-electron chi connectivity index (χ3n) is 6.37. The fourth-order valence-corrected chi connectivity index (χ4v) is 4.50. The molecule has 0 aromatic heterocycles. The summed E-state index contributed by atoms with van der Waals surface area (Å²) in [5, 5.41) is 0. The van der Waals surface area contributed by atoms with Crippen molar-refractivity contribution in [2.45, 2.75) is 129 Å². The first-order valence-electron chi connectivity index (χ1n) is 12.7. The van der Waals surface area contributed by atoms with Crippen molar-refractivity contribution in [1.82, 2.24) is 4.90 Å². The Morgan fingerprint density at radius 2 is 1.15 bits per heavy atom. The molecular weight excluding hydrogens is 326 g/mol. The number of likely N-dealkylation sites (tertiary alicyclic amines) is 1. The van der Waals surface area contributed by atoms with Crippen molar-refractivity contribution in [1.29, 1.82) is 0 Å². The number of hydrogen-bond acceptors (Lipinski definition) is 1. The fourth-order valence-electron chi connectivity index (χ4n) is 4.50. The van der Waals surface area contributed by atoms with E-state index in [9.17, 15) is 0 Å². The summed E-state index contributed by atoms with van der Waals surface area (Å²) >= 11 is 0. The first-order chi connectivity index (χ1) is 13.4. The molecule has 0 amide bonds. The van der Waals surface area contributed by atoms with Crippen LogP contribution in [-0.2, 0) is 0 Å². The summed E-state index contributed by atoms with van der Waals surface area (Å²) in [6, 6.07) is 0. The van der Waals surface area contributed by atoms with E-state index >= 15 is 0 Å². The number of piperidine rings is 1. The fraction of sp³-hybridized carbons (Fsp3) is 0.923. The Hall–Kier alpha value is -0.300. The molecule has 1 aliphatic rings. The largest absolute Gasteiger partial charge is 0.303 e. The zero-order chi connectivity index (χ0) is 19.4. The Morgan fingerprint density at radius 3 is 1.70 bits per heavy atom. The molecule has 0 aliphatic carbocycles. The van der Waals surface area contributed by atoms with Gasteiger partial charge in [0.15, 0.2) is 0 Å². The molecule has 0 N–H and O–H groups in total. The van der Waals surface area contributed by atoms with Crippen LogP contribution < -0.4 is 0 Å². The number of unbranched alkanes of at least 4 members (excludes halogenated alkanes) is 12. The molecule has 0 saturated carbocycles. The van der Waals surface area contributed by atoms with Crippen LogP contribution in [0.3, 0.4) is 0 Å². The van der Waals surface area contributed by atoms with Gasteiger partial charge >= 0.3 is 0 Å². The van der Waals surface area contributed by atoms with E-state index < -0.39 is 0 Å². The molecule has 0 aromatic carbocycles. The third kappa shape index (κ3) is 15.3. The van der Waals surface area contributed by atoms with E-state index in [1.54, 1.807) is 0 Å². The normalized spacial score (nSPS) is 16.5. The summed E-state index contributed by atoms with van der Waals surface area (Å²) in [5.41, 5.74) is 0. The molecule has 160 valence electrons. The van der Waals surface area contributed by atoms with Gasteiger partial charge in [-0.2, -0.15) is 0 Å². The minimum atomic E-state index is 1.04. The van der Waals surface area contributed by atoms with Gasteiger partial charge in [0.25, 0.3) is 0 Å². The monoisotopic (exact) mass is 377 g/mol. The molecule has 1 saturated heterocycles.